The van der Waals surface area contributed by atoms with Crippen LogP contribution < -0.4 is 0 Å². The van der Waals surface area contributed by atoms with Crippen molar-refractivity contribution in [1.29, 1.82) is 0 Å². The Kier molecular flexibility index (Phi) is 33.9. The van der Waals surface area contributed by atoms with Gasteiger partial charge in [0.1, 0.15) is 0 Å². The average Bonchev–Trinajstić information content (AvgIpc) is 3.14. The summed E-state index contributed by atoms with van der Waals surface area (Å²) in [5, 5.41) is 16.4. The molecule has 0 spiro atoms. The van der Waals surface area contributed by atoms with E-state index in [2.05, 4.69) is 114 Å². The van der Waals surface area contributed by atoms with Gasteiger partial charge in [-0.15, -0.1) is 0 Å². The van der Waals surface area contributed by atoms with Crippen LogP contribution in [0, 0.1) is 0 Å². The molecule has 9 nitrogen and oxygen atoms in total. The molecule has 2 aliphatic heterocycles. The van der Waals surface area contributed by atoms with Crippen molar-refractivity contribution in [2.75, 3.05) is 60.1 Å². The summed E-state index contributed by atoms with van der Waals surface area (Å²) in [6, 6.07) is 0. The van der Waals surface area contributed by atoms with Gasteiger partial charge in [-0.2, -0.15) is 0 Å². The van der Waals surface area contributed by atoms with E-state index in [1.165, 1.54) is 0 Å². The summed E-state index contributed by atoms with van der Waals surface area (Å²) in [5.41, 5.74) is -0.357. The quantitative estimate of drug-likeness (QED) is 0.193. The normalized spacial score (nSPS) is 17.9. The van der Waals surface area contributed by atoms with Gasteiger partial charge in [-0.1, -0.05) is 62.8 Å². The van der Waals surface area contributed by atoms with Crippen LogP contribution in [-0.2, 0) is 27.9 Å². The van der Waals surface area contributed by atoms with Gasteiger partial charge in [-0.3, -0.25) is 0 Å². The molecule has 1 unspecified atom stereocenters. The van der Waals surface area contributed by atoms with Crippen molar-refractivity contribution in [2.24, 2.45) is 0 Å². The molecule has 2 saturated heterocycles. The van der Waals surface area contributed by atoms with Crippen LogP contribution in [0.4, 0.5) is 0 Å². The van der Waals surface area contributed by atoms with Gasteiger partial charge in [0.2, 0.25) is 0 Å². The minimum atomic E-state index is -1.15. The van der Waals surface area contributed by atoms with Crippen molar-refractivity contribution in [1.82, 2.24) is 4.90 Å². The first-order valence-corrected chi connectivity index (χ1v) is 20.2. The Morgan fingerprint density at radius 2 is 1.15 bits per heavy atom. The molecule has 0 aromatic heterocycles. The first-order chi connectivity index (χ1) is 21.0. The number of likely N-dealkylation sites (N-methyl/N-ethyl adjacent to an activating group) is 1. The van der Waals surface area contributed by atoms with Gasteiger partial charge in [0.15, 0.2) is 0 Å². The van der Waals surface area contributed by atoms with E-state index in [4.69, 9.17) is 38.0 Å². The molecule has 0 aromatic rings. The molecular formula is C31H76B5NO8S2. The van der Waals surface area contributed by atoms with Crippen LogP contribution in [-0.4, -0.2) is 121 Å². The Bertz CT molecular complexity index is 731. The number of rotatable bonds is 8. The van der Waals surface area contributed by atoms with Crippen LogP contribution in [0.3, 0.4) is 0 Å². The molecule has 0 radical (unpaired) electrons. The summed E-state index contributed by atoms with van der Waals surface area (Å²) in [7, 11) is 6.55. The van der Waals surface area contributed by atoms with Crippen LogP contribution in [0.1, 0.15) is 104 Å². The number of nitrogens with zero attached hydrogens (tertiary/aromatic N) is 1. The maximum atomic E-state index is 8.19. The second-order valence-corrected chi connectivity index (χ2v) is 18.5. The van der Waals surface area contributed by atoms with Crippen LogP contribution in [0.15, 0.2) is 0 Å². The summed E-state index contributed by atoms with van der Waals surface area (Å²) < 4.78 is 32.6. The standard InChI is InChI=1S/C9H19BO2.C8H18BNO2.C5H13BO2.C5H13BS2.C3H9BO2.CH4/c1-7(2)10-11-8(3,4)9(5,6)12-10;1-8(2)9-11-6-4-10(3)5-7-12-9;1-5(2)6(7-3)8-4;1-5(2)6-8(4)7-3;1-3(2)4(5)6;/h7H,1-6H3;8H,4-7H2,1-3H3;2*5H,1-4H3;3,5-6H,1-2H3;1H4. The molecule has 1 atom stereocenters. The van der Waals surface area contributed by atoms with Crippen molar-refractivity contribution < 1.29 is 38.0 Å². The summed E-state index contributed by atoms with van der Waals surface area (Å²) in [4.78, 5) is 2.22. The minimum absolute atomic E-state index is 0. The Labute approximate surface area is 301 Å². The van der Waals surface area contributed by atoms with E-state index >= 15 is 0 Å². The molecule has 280 valence electrons. The maximum absolute atomic E-state index is 8.19. The third-order valence-electron chi connectivity index (χ3n) is 7.20. The van der Waals surface area contributed by atoms with E-state index in [-0.39, 0.29) is 45.8 Å². The van der Waals surface area contributed by atoms with E-state index in [1.54, 1.807) is 28.1 Å². The van der Waals surface area contributed by atoms with Crippen LogP contribution in [0.2, 0.25) is 29.1 Å². The van der Waals surface area contributed by atoms with Gasteiger partial charge in [-0.25, -0.2) is 0 Å². The fourth-order valence-electron chi connectivity index (χ4n) is 3.43. The molecule has 0 amide bonds. The van der Waals surface area contributed by atoms with Crippen molar-refractivity contribution in [3.63, 3.8) is 0 Å². The van der Waals surface area contributed by atoms with Gasteiger partial charge < -0.3 is 42.9 Å². The summed E-state index contributed by atoms with van der Waals surface area (Å²) in [5.74, 6) is 2.02. The van der Waals surface area contributed by atoms with E-state index in [1.807, 2.05) is 10.8 Å². The topological polar surface area (TPSA) is 99.1 Å². The summed E-state index contributed by atoms with van der Waals surface area (Å²) >= 11 is 0. The third kappa shape index (κ3) is 28.0. The number of hydrogen-bond acceptors (Lipinski definition) is 10. The fourth-order valence-corrected chi connectivity index (χ4v) is 5.31. The van der Waals surface area contributed by atoms with Crippen LogP contribution >= 0.6 is 20.1 Å². The molecular weight excluding hydrogens is 633 g/mol. The van der Waals surface area contributed by atoms with Gasteiger partial charge in [0.05, 0.1) is 11.2 Å². The number of hydrogen-bond donors (Lipinski definition) is 2. The zero-order valence-corrected chi connectivity index (χ0v) is 34.8. The van der Waals surface area contributed by atoms with E-state index in [0.717, 1.165) is 32.1 Å². The second-order valence-electron chi connectivity index (χ2n) is 14.3. The van der Waals surface area contributed by atoms with Crippen molar-refractivity contribution in [3.8, 4) is 0 Å². The predicted molar refractivity (Wildman–Crippen MR) is 216 cm³/mol. The molecule has 16 heteroatoms. The van der Waals surface area contributed by atoms with Gasteiger partial charge in [0, 0.05) is 40.5 Å². The second kappa shape index (κ2) is 29.3. The SMILES string of the molecule is C.CC(C)B(O)O.CC(C)B1OC(C)(C)C(C)(C)O1.CC(C)B1OCCN(C)CCO1.COB(OC)C(C)C.CSS(C)=BC(C)C. The van der Waals surface area contributed by atoms with Gasteiger partial charge >= 0.3 is 87.0 Å². The molecule has 0 bridgehead atoms. The van der Waals surface area contributed by atoms with Crippen molar-refractivity contribution in [3.05, 3.63) is 0 Å². The first kappa shape index (κ1) is 54.4. The average molecular weight is 709 g/mol. The van der Waals surface area contributed by atoms with E-state index in [0.29, 0.717) is 26.8 Å². The molecule has 0 aromatic carbocycles. The van der Waals surface area contributed by atoms with E-state index in [9.17, 15) is 0 Å². The monoisotopic (exact) mass is 710 g/mol. The van der Waals surface area contributed by atoms with Crippen molar-refractivity contribution >= 4 is 54.8 Å². The zero-order valence-electron chi connectivity index (χ0n) is 33.2. The van der Waals surface area contributed by atoms with Crippen LogP contribution in [0.5, 0.6) is 0 Å². The molecule has 2 rings (SSSR count). The van der Waals surface area contributed by atoms with Crippen LogP contribution in [0.25, 0.3) is 0 Å². The van der Waals surface area contributed by atoms with Crippen molar-refractivity contribution in [2.45, 2.75) is 145 Å². The van der Waals surface area contributed by atoms with E-state index < -0.39 is 7.12 Å². The molecule has 2 fully saturated rings. The first-order valence-electron chi connectivity index (χ1n) is 16.7. The Morgan fingerprint density at radius 1 is 0.787 bits per heavy atom. The Hall–Kier alpha value is 0.665. The summed E-state index contributed by atoms with van der Waals surface area (Å²) in [6.07, 6.45) is 6.79. The molecule has 0 aliphatic carbocycles. The molecule has 47 heavy (non-hydrogen) atoms. The fraction of sp³-hybridized carbons (Fsp3) is 1.00. The zero-order chi connectivity index (χ0) is 36.8. The van der Waals surface area contributed by atoms with Gasteiger partial charge in [0.25, 0.3) is 0 Å². The predicted octanol–water partition coefficient (Wildman–Crippen LogP) is 7.65. The Morgan fingerprint density at radius 3 is 1.32 bits per heavy atom. The Balaban J connectivity index is -0.000000251. The molecule has 2 aliphatic rings. The third-order valence-corrected chi connectivity index (χ3v) is 10.6. The molecule has 2 heterocycles. The molecule has 0 saturated carbocycles. The summed E-state index contributed by atoms with van der Waals surface area (Å²) in [6.45, 7) is 32.4. The molecule has 2 N–H and O–H groups in total. The van der Waals surface area contributed by atoms with Gasteiger partial charge in [-0.05, 0) is 58.0 Å².